The number of nitrogens with one attached hydrogen (secondary N) is 2. The van der Waals surface area contributed by atoms with Gasteiger partial charge < -0.3 is 15.5 Å². The highest BCUT2D eigenvalue weighted by Gasteiger charge is 2.17. The number of likely N-dealkylation sites (tertiary alicyclic amines) is 1. The number of amides is 1. The van der Waals surface area contributed by atoms with E-state index < -0.39 is 0 Å². The number of anilines is 1. The van der Waals surface area contributed by atoms with Crippen molar-refractivity contribution in [3.63, 3.8) is 0 Å². The summed E-state index contributed by atoms with van der Waals surface area (Å²) in [6.45, 7) is 6.30. The summed E-state index contributed by atoms with van der Waals surface area (Å²) in [5.74, 6) is 0.967. The van der Waals surface area contributed by atoms with Crippen molar-refractivity contribution in [3.8, 4) is 0 Å². The molecule has 2 heterocycles. The predicted molar refractivity (Wildman–Crippen MR) is 88.7 cm³/mol. The van der Waals surface area contributed by atoms with E-state index in [0.717, 1.165) is 11.0 Å². The molecule has 1 amide bonds. The summed E-state index contributed by atoms with van der Waals surface area (Å²) >= 11 is 3.36. The maximum Gasteiger partial charge on any atom is 0.255 e. The van der Waals surface area contributed by atoms with Crippen LogP contribution < -0.4 is 10.6 Å². The Balaban J connectivity index is 1.87. The first-order valence-electron chi connectivity index (χ1n) is 7.44. The lowest BCUT2D eigenvalue weighted by atomic mass is 10.1. The van der Waals surface area contributed by atoms with E-state index in [-0.39, 0.29) is 5.91 Å². The highest BCUT2D eigenvalue weighted by atomic mass is 79.9. The zero-order valence-corrected chi connectivity index (χ0v) is 14.2. The summed E-state index contributed by atoms with van der Waals surface area (Å²) < 4.78 is 0.803. The summed E-state index contributed by atoms with van der Waals surface area (Å²) in [7, 11) is 1.77. The first-order chi connectivity index (χ1) is 10.1. The van der Waals surface area contributed by atoms with Crippen LogP contribution in [0.5, 0.6) is 0 Å². The molecule has 116 valence electrons. The molecule has 5 nitrogen and oxygen atoms in total. The second-order valence-electron chi connectivity index (χ2n) is 5.62. The number of hydrogen-bond acceptors (Lipinski definition) is 4. The van der Waals surface area contributed by atoms with Crippen LogP contribution in [0.1, 0.15) is 30.1 Å². The van der Waals surface area contributed by atoms with Gasteiger partial charge in [0.15, 0.2) is 0 Å². The van der Waals surface area contributed by atoms with E-state index in [0.29, 0.717) is 23.8 Å². The summed E-state index contributed by atoms with van der Waals surface area (Å²) in [5.41, 5.74) is 0.570. The van der Waals surface area contributed by atoms with Gasteiger partial charge in [-0.1, -0.05) is 6.92 Å². The van der Waals surface area contributed by atoms with Crippen molar-refractivity contribution in [2.24, 2.45) is 5.92 Å². The van der Waals surface area contributed by atoms with Crippen molar-refractivity contribution < 1.29 is 4.79 Å². The van der Waals surface area contributed by atoms with Crippen LogP contribution in [0, 0.1) is 5.92 Å². The lowest BCUT2D eigenvalue weighted by Crippen LogP contribution is -2.34. The Hall–Kier alpha value is -1.14. The molecule has 0 aromatic carbocycles. The van der Waals surface area contributed by atoms with Gasteiger partial charge in [-0.25, -0.2) is 4.98 Å². The molecule has 1 atom stereocenters. The zero-order chi connectivity index (χ0) is 15.2. The SMILES string of the molecule is CNc1ncc(Br)cc1C(=O)NCC(C)CN1CCCC1. The van der Waals surface area contributed by atoms with Crippen LogP contribution in [-0.4, -0.2) is 49.0 Å². The van der Waals surface area contributed by atoms with Gasteiger partial charge in [0.1, 0.15) is 5.82 Å². The van der Waals surface area contributed by atoms with E-state index in [9.17, 15) is 4.79 Å². The average Bonchev–Trinajstić information content (AvgIpc) is 2.97. The zero-order valence-electron chi connectivity index (χ0n) is 12.7. The van der Waals surface area contributed by atoms with Crippen LogP contribution in [0.15, 0.2) is 16.7 Å². The van der Waals surface area contributed by atoms with E-state index in [1.807, 2.05) is 0 Å². The third-order valence-corrected chi connectivity index (χ3v) is 4.15. The molecule has 6 heteroatoms. The van der Waals surface area contributed by atoms with E-state index in [1.54, 1.807) is 19.3 Å². The van der Waals surface area contributed by atoms with Gasteiger partial charge in [0.2, 0.25) is 0 Å². The van der Waals surface area contributed by atoms with Gasteiger partial charge in [-0.15, -0.1) is 0 Å². The number of carbonyl (C=O) groups excluding carboxylic acids is 1. The van der Waals surface area contributed by atoms with Gasteiger partial charge in [-0.05, 0) is 53.8 Å². The second kappa shape index (κ2) is 7.75. The molecule has 0 saturated carbocycles. The Bertz CT molecular complexity index is 489. The quantitative estimate of drug-likeness (QED) is 0.823. The standard InChI is InChI=1S/C15H23BrN4O/c1-11(10-20-5-3-4-6-20)8-19-15(21)13-7-12(16)9-18-14(13)17-2/h7,9,11H,3-6,8,10H2,1-2H3,(H,17,18)(H,19,21). The monoisotopic (exact) mass is 354 g/mol. The average molecular weight is 355 g/mol. The van der Waals surface area contributed by atoms with Crippen molar-refractivity contribution >= 4 is 27.7 Å². The molecule has 21 heavy (non-hydrogen) atoms. The van der Waals surface area contributed by atoms with Crippen LogP contribution in [0.25, 0.3) is 0 Å². The minimum atomic E-state index is -0.0820. The number of nitrogens with zero attached hydrogens (tertiary/aromatic N) is 2. The molecule has 2 rings (SSSR count). The fourth-order valence-electron chi connectivity index (χ4n) is 2.64. The van der Waals surface area contributed by atoms with E-state index in [2.05, 4.69) is 43.4 Å². The predicted octanol–water partition coefficient (Wildman–Crippen LogP) is 2.35. The number of pyridine rings is 1. The van der Waals surface area contributed by atoms with Crippen LogP contribution in [0.2, 0.25) is 0 Å². The Labute approximate surface area is 134 Å². The number of halogens is 1. The van der Waals surface area contributed by atoms with Crippen LogP contribution in [0.4, 0.5) is 5.82 Å². The molecule has 1 aromatic rings. The van der Waals surface area contributed by atoms with E-state index in [1.165, 1.54) is 25.9 Å². The maximum atomic E-state index is 12.3. The van der Waals surface area contributed by atoms with Gasteiger partial charge in [0.05, 0.1) is 5.56 Å². The third kappa shape index (κ3) is 4.68. The first kappa shape index (κ1) is 16.2. The molecule has 0 aliphatic carbocycles. The van der Waals surface area contributed by atoms with Crippen LogP contribution in [-0.2, 0) is 0 Å². The molecule has 1 saturated heterocycles. The topological polar surface area (TPSA) is 57.3 Å². The van der Waals surface area contributed by atoms with Crippen LogP contribution >= 0.6 is 15.9 Å². The van der Waals surface area contributed by atoms with E-state index in [4.69, 9.17) is 0 Å². The molecule has 1 unspecified atom stereocenters. The number of hydrogen-bond donors (Lipinski definition) is 2. The highest BCUT2D eigenvalue weighted by Crippen LogP contribution is 2.17. The van der Waals surface area contributed by atoms with Crippen molar-refractivity contribution in [1.82, 2.24) is 15.2 Å². The Morgan fingerprint density at radius 3 is 2.86 bits per heavy atom. The van der Waals surface area contributed by atoms with Gasteiger partial charge in [0.25, 0.3) is 5.91 Å². The van der Waals surface area contributed by atoms with Gasteiger partial charge in [0, 0.05) is 30.8 Å². The maximum absolute atomic E-state index is 12.3. The van der Waals surface area contributed by atoms with Gasteiger partial charge in [-0.3, -0.25) is 4.79 Å². The Kier molecular flexibility index (Phi) is 5.99. The minimum absolute atomic E-state index is 0.0820. The normalized spacial score (nSPS) is 16.7. The Morgan fingerprint density at radius 2 is 2.19 bits per heavy atom. The van der Waals surface area contributed by atoms with Crippen LogP contribution in [0.3, 0.4) is 0 Å². The Morgan fingerprint density at radius 1 is 1.48 bits per heavy atom. The molecule has 1 fully saturated rings. The fraction of sp³-hybridized carbons (Fsp3) is 0.600. The molecule has 0 spiro atoms. The third-order valence-electron chi connectivity index (χ3n) is 3.72. The second-order valence-corrected chi connectivity index (χ2v) is 6.54. The summed E-state index contributed by atoms with van der Waals surface area (Å²) in [5, 5.41) is 5.96. The summed E-state index contributed by atoms with van der Waals surface area (Å²) in [6.07, 6.45) is 4.28. The lowest BCUT2D eigenvalue weighted by Gasteiger charge is -2.20. The summed E-state index contributed by atoms with van der Waals surface area (Å²) in [6, 6.07) is 1.79. The lowest BCUT2D eigenvalue weighted by molar-refractivity contribution is 0.0945. The highest BCUT2D eigenvalue weighted by molar-refractivity contribution is 9.10. The molecule has 1 aliphatic heterocycles. The van der Waals surface area contributed by atoms with Crippen molar-refractivity contribution in [1.29, 1.82) is 0 Å². The minimum Gasteiger partial charge on any atom is -0.372 e. The van der Waals surface area contributed by atoms with Crippen molar-refractivity contribution in [3.05, 3.63) is 22.3 Å². The molecule has 0 bridgehead atoms. The number of carbonyl (C=O) groups is 1. The molecule has 2 N–H and O–H groups in total. The van der Waals surface area contributed by atoms with E-state index >= 15 is 0 Å². The van der Waals surface area contributed by atoms with Crippen molar-refractivity contribution in [2.75, 3.05) is 38.5 Å². The molecular weight excluding hydrogens is 332 g/mol. The number of aromatic nitrogens is 1. The summed E-state index contributed by atoms with van der Waals surface area (Å²) in [4.78, 5) is 19.0. The molecule has 1 aromatic heterocycles. The smallest absolute Gasteiger partial charge is 0.255 e. The molecular formula is C15H23BrN4O. The van der Waals surface area contributed by atoms with Gasteiger partial charge in [-0.2, -0.15) is 0 Å². The fourth-order valence-corrected chi connectivity index (χ4v) is 2.98. The molecule has 1 aliphatic rings. The number of rotatable bonds is 6. The van der Waals surface area contributed by atoms with Gasteiger partial charge >= 0.3 is 0 Å². The molecule has 0 radical (unpaired) electrons. The van der Waals surface area contributed by atoms with Crippen molar-refractivity contribution in [2.45, 2.75) is 19.8 Å². The largest absolute Gasteiger partial charge is 0.372 e. The first-order valence-corrected chi connectivity index (χ1v) is 8.23.